The second kappa shape index (κ2) is 3.01. The number of hydrogen-bond donors (Lipinski definition) is 1. The molecule has 0 spiro atoms. The number of hydrogen-bond acceptors (Lipinski definition) is 0. The van der Waals surface area contributed by atoms with E-state index >= 15 is 0 Å². The average Bonchev–Trinajstić information content (AvgIpc) is 2.53. The van der Waals surface area contributed by atoms with E-state index in [9.17, 15) is 8.78 Å². The predicted octanol–water partition coefficient (Wildman–Crippen LogP) is 2.96. The van der Waals surface area contributed by atoms with Crippen molar-refractivity contribution in [2.45, 2.75) is 0 Å². The van der Waals surface area contributed by atoms with Gasteiger partial charge in [0.1, 0.15) is 11.6 Å². The number of H-pyrrole nitrogens is 1. The summed E-state index contributed by atoms with van der Waals surface area (Å²) >= 11 is 0. The molecule has 0 atom stereocenters. The first-order valence-electron chi connectivity index (χ1n) is 3.85. The van der Waals surface area contributed by atoms with Crippen molar-refractivity contribution in [2.75, 3.05) is 0 Å². The van der Waals surface area contributed by atoms with Crippen molar-refractivity contribution in [1.82, 2.24) is 4.98 Å². The lowest BCUT2D eigenvalue weighted by molar-refractivity contribution is 0.584. The molecule has 0 saturated heterocycles. The molecule has 0 fully saturated rings. The monoisotopic (exact) mass is 179 g/mol. The molecule has 1 heterocycles. The van der Waals surface area contributed by atoms with Crippen molar-refractivity contribution in [3.05, 3.63) is 48.2 Å². The van der Waals surface area contributed by atoms with Gasteiger partial charge in [0.25, 0.3) is 0 Å². The molecule has 3 heteroatoms. The molecule has 0 aliphatic heterocycles. The molecular formula is C10H7F2N. The van der Waals surface area contributed by atoms with Gasteiger partial charge in [0.05, 0.1) is 0 Å². The van der Waals surface area contributed by atoms with E-state index in [1.807, 2.05) is 0 Å². The zero-order chi connectivity index (χ0) is 9.26. The fourth-order valence-electron chi connectivity index (χ4n) is 1.22. The Morgan fingerprint density at radius 3 is 2.23 bits per heavy atom. The highest BCUT2D eigenvalue weighted by atomic mass is 19.1. The maximum absolute atomic E-state index is 12.8. The first kappa shape index (κ1) is 7.98. The largest absolute Gasteiger partial charge is 0.361 e. The normalized spacial score (nSPS) is 10.3. The van der Waals surface area contributed by atoms with Crippen LogP contribution in [0.15, 0.2) is 36.5 Å². The third-order valence-electron chi connectivity index (χ3n) is 1.77. The summed E-state index contributed by atoms with van der Waals surface area (Å²) in [5.41, 5.74) is 1.22. The summed E-state index contributed by atoms with van der Waals surface area (Å²) < 4.78 is 25.5. The van der Waals surface area contributed by atoms with E-state index in [1.54, 1.807) is 18.3 Å². The van der Waals surface area contributed by atoms with Crippen LogP contribution in [0.5, 0.6) is 0 Å². The van der Waals surface area contributed by atoms with Crippen LogP contribution in [0.4, 0.5) is 8.78 Å². The van der Waals surface area contributed by atoms with Crippen LogP contribution in [-0.2, 0) is 0 Å². The van der Waals surface area contributed by atoms with Crippen LogP contribution in [0, 0.1) is 11.6 Å². The average molecular weight is 179 g/mol. The van der Waals surface area contributed by atoms with Crippen LogP contribution >= 0.6 is 0 Å². The lowest BCUT2D eigenvalue weighted by atomic mass is 10.1. The van der Waals surface area contributed by atoms with Crippen molar-refractivity contribution < 1.29 is 8.78 Å². The van der Waals surface area contributed by atoms with E-state index in [-0.39, 0.29) is 0 Å². The fraction of sp³-hybridized carbons (Fsp3) is 0. The molecule has 13 heavy (non-hydrogen) atoms. The third-order valence-corrected chi connectivity index (χ3v) is 1.77. The van der Waals surface area contributed by atoms with Gasteiger partial charge in [-0.2, -0.15) is 0 Å². The van der Waals surface area contributed by atoms with Gasteiger partial charge >= 0.3 is 0 Å². The molecule has 1 nitrogen and oxygen atoms in total. The van der Waals surface area contributed by atoms with Crippen LogP contribution in [0.3, 0.4) is 0 Å². The summed E-state index contributed by atoms with van der Waals surface area (Å²) in [5.74, 6) is -1.13. The second-order valence-corrected chi connectivity index (χ2v) is 2.74. The van der Waals surface area contributed by atoms with Crippen molar-refractivity contribution in [2.24, 2.45) is 0 Å². The molecule has 0 aliphatic rings. The third kappa shape index (κ3) is 1.59. The Hall–Kier alpha value is -1.64. The summed E-state index contributed by atoms with van der Waals surface area (Å²) in [4.78, 5) is 2.87. The van der Waals surface area contributed by atoms with Gasteiger partial charge in [0, 0.05) is 23.5 Å². The SMILES string of the molecule is Fc1cc(F)cc(-c2ccc[nH]2)c1. The standard InChI is InChI=1S/C10H7F2N/c11-8-4-7(5-9(12)6-8)10-2-1-3-13-10/h1-6,13H. The summed E-state index contributed by atoms with van der Waals surface area (Å²) in [7, 11) is 0. The molecule has 0 amide bonds. The van der Waals surface area contributed by atoms with Crippen molar-refractivity contribution in [1.29, 1.82) is 0 Å². The number of benzene rings is 1. The lowest BCUT2D eigenvalue weighted by Gasteiger charge is -1.98. The van der Waals surface area contributed by atoms with Crippen LogP contribution in [0.25, 0.3) is 11.3 Å². The Balaban J connectivity index is 2.53. The molecule has 0 bridgehead atoms. The molecule has 2 aromatic rings. The summed E-state index contributed by atoms with van der Waals surface area (Å²) in [6, 6.07) is 6.96. The number of rotatable bonds is 1. The highest BCUT2D eigenvalue weighted by molar-refractivity contribution is 5.59. The number of aromatic nitrogens is 1. The van der Waals surface area contributed by atoms with E-state index in [0.717, 1.165) is 6.07 Å². The molecule has 2 rings (SSSR count). The van der Waals surface area contributed by atoms with Gasteiger partial charge in [0.15, 0.2) is 0 Å². The highest BCUT2D eigenvalue weighted by Gasteiger charge is 2.02. The Morgan fingerprint density at radius 1 is 1.00 bits per heavy atom. The van der Waals surface area contributed by atoms with Crippen LogP contribution in [0.1, 0.15) is 0 Å². The Bertz CT molecular complexity index is 387. The zero-order valence-corrected chi connectivity index (χ0v) is 6.72. The maximum atomic E-state index is 12.8. The summed E-state index contributed by atoms with van der Waals surface area (Å²) in [6.07, 6.45) is 1.71. The topological polar surface area (TPSA) is 15.8 Å². The van der Waals surface area contributed by atoms with Gasteiger partial charge in [-0.15, -0.1) is 0 Å². The van der Waals surface area contributed by atoms with E-state index in [1.165, 1.54) is 12.1 Å². The van der Waals surface area contributed by atoms with E-state index in [0.29, 0.717) is 11.3 Å². The van der Waals surface area contributed by atoms with Crippen molar-refractivity contribution >= 4 is 0 Å². The molecule has 1 aromatic carbocycles. The molecule has 1 N–H and O–H groups in total. The van der Waals surface area contributed by atoms with Crippen molar-refractivity contribution in [3.8, 4) is 11.3 Å². The van der Waals surface area contributed by atoms with Gasteiger partial charge in [-0.05, 0) is 24.3 Å². The molecular weight excluding hydrogens is 172 g/mol. The minimum absolute atomic E-state index is 0.516. The van der Waals surface area contributed by atoms with Gasteiger partial charge in [0.2, 0.25) is 0 Å². The number of nitrogens with one attached hydrogen (secondary N) is 1. The Labute approximate surface area is 74.0 Å². The van der Waals surface area contributed by atoms with E-state index in [2.05, 4.69) is 4.98 Å². The van der Waals surface area contributed by atoms with Gasteiger partial charge < -0.3 is 4.98 Å². The second-order valence-electron chi connectivity index (χ2n) is 2.74. The zero-order valence-electron chi connectivity index (χ0n) is 6.72. The van der Waals surface area contributed by atoms with E-state index < -0.39 is 11.6 Å². The Morgan fingerprint density at radius 2 is 1.69 bits per heavy atom. The molecule has 1 aromatic heterocycles. The quantitative estimate of drug-likeness (QED) is 0.692. The molecule has 0 aliphatic carbocycles. The number of halogens is 2. The van der Waals surface area contributed by atoms with Crippen LogP contribution in [0.2, 0.25) is 0 Å². The molecule has 0 radical (unpaired) electrons. The predicted molar refractivity (Wildman–Crippen MR) is 46.1 cm³/mol. The molecule has 66 valence electrons. The van der Waals surface area contributed by atoms with Gasteiger partial charge in [-0.1, -0.05) is 0 Å². The molecule has 0 unspecified atom stereocenters. The first-order chi connectivity index (χ1) is 6.25. The summed E-state index contributed by atoms with van der Waals surface area (Å²) in [5, 5.41) is 0. The highest BCUT2D eigenvalue weighted by Crippen LogP contribution is 2.19. The first-order valence-corrected chi connectivity index (χ1v) is 3.85. The smallest absolute Gasteiger partial charge is 0.126 e. The van der Waals surface area contributed by atoms with E-state index in [4.69, 9.17) is 0 Å². The minimum atomic E-state index is -0.565. The van der Waals surface area contributed by atoms with Gasteiger partial charge in [-0.25, -0.2) is 8.78 Å². The fourth-order valence-corrected chi connectivity index (χ4v) is 1.22. The lowest BCUT2D eigenvalue weighted by Crippen LogP contribution is -1.83. The van der Waals surface area contributed by atoms with Gasteiger partial charge in [-0.3, -0.25) is 0 Å². The molecule has 0 saturated carbocycles. The van der Waals surface area contributed by atoms with Crippen LogP contribution < -0.4 is 0 Å². The van der Waals surface area contributed by atoms with Crippen molar-refractivity contribution in [3.63, 3.8) is 0 Å². The Kier molecular flexibility index (Phi) is 1.85. The summed E-state index contributed by atoms with van der Waals surface area (Å²) in [6.45, 7) is 0. The maximum Gasteiger partial charge on any atom is 0.126 e. The minimum Gasteiger partial charge on any atom is -0.361 e. The van der Waals surface area contributed by atoms with Crippen LogP contribution in [-0.4, -0.2) is 4.98 Å². The number of aromatic amines is 1.